The zero-order chi connectivity index (χ0) is 17.1. The number of amides is 1. The number of nitrogen functional groups attached to an aromatic ring is 1. The molecule has 0 aliphatic carbocycles. The van der Waals surface area contributed by atoms with Gasteiger partial charge < -0.3 is 5.73 Å². The summed E-state index contributed by atoms with van der Waals surface area (Å²) in [5.41, 5.74) is 10.1. The summed E-state index contributed by atoms with van der Waals surface area (Å²) >= 11 is 1.09. The molecule has 0 spiro atoms. The third kappa shape index (κ3) is 2.85. The maximum atomic E-state index is 12.2. The molecule has 0 fully saturated rings. The highest BCUT2D eigenvalue weighted by molar-refractivity contribution is 7.18. The van der Waals surface area contributed by atoms with Crippen LogP contribution in [0.5, 0.6) is 0 Å². The van der Waals surface area contributed by atoms with Crippen molar-refractivity contribution in [3.8, 4) is 6.07 Å². The van der Waals surface area contributed by atoms with Crippen LogP contribution in [0.4, 0.5) is 5.00 Å². The average Bonchev–Trinajstić information content (AvgIpc) is 2.89. The SMILES string of the molecule is Cc1c(C(=O)NN=Cc2cccc3ccccc23)sc(N)c1C#N. The highest BCUT2D eigenvalue weighted by Crippen LogP contribution is 2.29. The van der Waals surface area contributed by atoms with E-state index in [1.54, 1.807) is 13.1 Å². The van der Waals surface area contributed by atoms with Crippen molar-refractivity contribution in [2.45, 2.75) is 6.92 Å². The molecule has 5 nitrogen and oxygen atoms in total. The standard InChI is InChI=1S/C18H14N4OS/c1-11-15(9-19)17(20)24-16(11)18(23)22-21-10-13-7-4-6-12-5-2-3-8-14(12)13/h2-8,10H,20H2,1H3,(H,22,23). The predicted molar refractivity (Wildman–Crippen MR) is 97.2 cm³/mol. The number of thiophene rings is 1. The first-order chi connectivity index (χ1) is 11.6. The molecule has 3 aromatic rings. The van der Waals surface area contributed by atoms with Crippen LogP contribution in [0.15, 0.2) is 47.6 Å². The molecule has 0 atom stereocenters. The first kappa shape index (κ1) is 15.7. The minimum atomic E-state index is -0.373. The van der Waals surface area contributed by atoms with Gasteiger partial charge in [0.2, 0.25) is 0 Å². The van der Waals surface area contributed by atoms with E-state index in [-0.39, 0.29) is 5.91 Å². The second-order valence-electron chi connectivity index (χ2n) is 5.17. The molecule has 0 saturated carbocycles. The van der Waals surface area contributed by atoms with Crippen LogP contribution in [0.2, 0.25) is 0 Å². The molecule has 0 radical (unpaired) electrons. The van der Waals surface area contributed by atoms with E-state index in [1.165, 1.54) is 0 Å². The number of hydrogen-bond donors (Lipinski definition) is 2. The number of nitriles is 1. The summed E-state index contributed by atoms with van der Waals surface area (Å²) in [7, 11) is 0. The van der Waals surface area contributed by atoms with Gasteiger partial charge in [0, 0.05) is 5.56 Å². The molecule has 0 bridgehead atoms. The number of hydrazone groups is 1. The van der Waals surface area contributed by atoms with Gasteiger partial charge in [0.15, 0.2) is 0 Å². The molecule has 24 heavy (non-hydrogen) atoms. The first-order valence-corrected chi connectivity index (χ1v) is 8.03. The molecular weight excluding hydrogens is 320 g/mol. The molecule has 1 heterocycles. The quantitative estimate of drug-likeness (QED) is 0.568. The second kappa shape index (κ2) is 6.52. The van der Waals surface area contributed by atoms with Crippen molar-refractivity contribution in [3.05, 3.63) is 64.0 Å². The van der Waals surface area contributed by atoms with E-state index in [2.05, 4.69) is 10.5 Å². The molecule has 0 saturated heterocycles. The minimum Gasteiger partial charge on any atom is -0.389 e. The van der Waals surface area contributed by atoms with Gasteiger partial charge in [-0.15, -0.1) is 11.3 Å². The van der Waals surface area contributed by atoms with Crippen molar-refractivity contribution in [2.24, 2.45) is 5.10 Å². The molecule has 118 valence electrons. The molecule has 0 aliphatic heterocycles. The molecule has 1 aromatic heterocycles. The van der Waals surface area contributed by atoms with E-state index in [1.807, 2.05) is 48.5 Å². The van der Waals surface area contributed by atoms with Gasteiger partial charge in [0.1, 0.15) is 15.9 Å². The Hall–Kier alpha value is -3.17. The van der Waals surface area contributed by atoms with Gasteiger partial charge in [-0.1, -0.05) is 42.5 Å². The first-order valence-electron chi connectivity index (χ1n) is 7.22. The average molecular weight is 334 g/mol. The monoisotopic (exact) mass is 334 g/mol. The number of nitrogens with zero attached hydrogens (tertiary/aromatic N) is 2. The Morgan fingerprint density at radius 2 is 2.04 bits per heavy atom. The molecule has 6 heteroatoms. The Morgan fingerprint density at radius 3 is 2.79 bits per heavy atom. The third-order valence-corrected chi connectivity index (χ3v) is 4.80. The van der Waals surface area contributed by atoms with Gasteiger partial charge in [-0.25, -0.2) is 5.43 Å². The van der Waals surface area contributed by atoms with E-state index < -0.39 is 0 Å². The van der Waals surface area contributed by atoms with Gasteiger partial charge in [-0.05, 0) is 23.3 Å². The highest BCUT2D eigenvalue weighted by atomic mass is 32.1. The van der Waals surface area contributed by atoms with Crippen LogP contribution in [0.25, 0.3) is 10.8 Å². The van der Waals surface area contributed by atoms with Crippen molar-refractivity contribution in [2.75, 3.05) is 5.73 Å². The summed E-state index contributed by atoms with van der Waals surface area (Å²) in [6.07, 6.45) is 1.61. The van der Waals surface area contributed by atoms with Gasteiger partial charge in [0.05, 0.1) is 11.8 Å². The molecule has 3 rings (SSSR count). The van der Waals surface area contributed by atoms with Crippen molar-refractivity contribution in [1.29, 1.82) is 5.26 Å². The Bertz CT molecular complexity index is 993. The van der Waals surface area contributed by atoms with E-state index >= 15 is 0 Å². The van der Waals surface area contributed by atoms with Gasteiger partial charge in [0.25, 0.3) is 5.91 Å². The number of anilines is 1. The minimum absolute atomic E-state index is 0.346. The summed E-state index contributed by atoms with van der Waals surface area (Å²) in [6, 6.07) is 15.9. The van der Waals surface area contributed by atoms with Crippen molar-refractivity contribution < 1.29 is 4.79 Å². The second-order valence-corrected chi connectivity index (χ2v) is 6.23. The topological polar surface area (TPSA) is 91.3 Å². The lowest BCUT2D eigenvalue weighted by molar-refractivity contribution is 0.0958. The van der Waals surface area contributed by atoms with E-state index in [4.69, 9.17) is 11.0 Å². The lowest BCUT2D eigenvalue weighted by Gasteiger charge is -2.02. The molecule has 2 aromatic carbocycles. The van der Waals surface area contributed by atoms with Crippen molar-refractivity contribution in [1.82, 2.24) is 5.43 Å². The number of nitrogens with two attached hydrogens (primary N) is 1. The van der Waals surface area contributed by atoms with Crippen LogP contribution in [0.3, 0.4) is 0 Å². The maximum Gasteiger partial charge on any atom is 0.281 e. The van der Waals surface area contributed by atoms with Crippen LogP contribution in [-0.2, 0) is 0 Å². The van der Waals surface area contributed by atoms with Crippen molar-refractivity contribution >= 4 is 39.2 Å². The largest absolute Gasteiger partial charge is 0.389 e. The number of carbonyl (C=O) groups excluding carboxylic acids is 1. The molecule has 0 aliphatic rings. The predicted octanol–water partition coefficient (Wildman–Crippen LogP) is 3.43. The Kier molecular flexibility index (Phi) is 4.27. The number of hydrogen-bond acceptors (Lipinski definition) is 5. The normalized spacial score (nSPS) is 10.8. The van der Waals surface area contributed by atoms with E-state index in [9.17, 15) is 4.79 Å². The summed E-state index contributed by atoms with van der Waals surface area (Å²) in [6.45, 7) is 1.70. The lowest BCUT2D eigenvalue weighted by Crippen LogP contribution is -2.17. The number of benzene rings is 2. The summed E-state index contributed by atoms with van der Waals surface area (Å²) in [4.78, 5) is 12.6. The fourth-order valence-electron chi connectivity index (χ4n) is 2.47. The van der Waals surface area contributed by atoms with Gasteiger partial charge in [-0.3, -0.25) is 4.79 Å². The van der Waals surface area contributed by atoms with Gasteiger partial charge >= 0.3 is 0 Å². The summed E-state index contributed by atoms with van der Waals surface area (Å²) in [5, 5.41) is 15.6. The Morgan fingerprint density at radius 1 is 1.29 bits per heavy atom. The summed E-state index contributed by atoms with van der Waals surface area (Å²) < 4.78 is 0. The fraction of sp³-hybridized carbons (Fsp3) is 0.0556. The zero-order valence-electron chi connectivity index (χ0n) is 12.9. The van der Waals surface area contributed by atoms with E-state index in [0.717, 1.165) is 27.7 Å². The van der Waals surface area contributed by atoms with Crippen LogP contribution < -0.4 is 11.2 Å². The number of carbonyl (C=O) groups is 1. The number of rotatable bonds is 3. The Balaban J connectivity index is 1.81. The van der Waals surface area contributed by atoms with Crippen molar-refractivity contribution in [3.63, 3.8) is 0 Å². The van der Waals surface area contributed by atoms with Crippen LogP contribution in [0.1, 0.15) is 26.4 Å². The summed E-state index contributed by atoms with van der Waals surface area (Å²) in [5.74, 6) is -0.373. The Labute approximate surface area is 143 Å². The molecule has 1 amide bonds. The maximum absolute atomic E-state index is 12.2. The number of nitrogens with one attached hydrogen (secondary N) is 1. The smallest absolute Gasteiger partial charge is 0.281 e. The van der Waals surface area contributed by atoms with Crippen LogP contribution >= 0.6 is 11.3 Å². The van der Waals surface area contributed by atoms with Crippen LogP contribution in [-0.4, -0.2) is 12.1 Å². The lowest BCUT2D eigenvalue weighted by atomic mass is 10.1. The highest BCUT2D eigenvalue weighted by Gasteiger charge is 2.18. The molecule has 0 unspecified atom stereocenters. The molecular formula is C18H14N4OS. The number of fused-ring (bicyclic) bond motifs is 1. The van der Waals surface area contributed by atoms with Gasteiger partial charge in [-0.2, -0.15) is 10.4 Å². The van der Waals surface area contributed by atoms with E-state index in [0.29, 0.717) is 21.0 Å². The fourth-order valence-corrected chi connectivity index (χ4v) is 3.38. The molecule has 3 N–H and O–H groups in total. The zero-order valence-corrected chi connectivity index (χ0v) is 13.7. The third-order valence-electron chi connectivity index (χ3n) is 3.69. The van der Waals surface area contributed by atoms with Crippen LogP contribution in [0, 0.1) is 18.3 Å².